The number of amides is 1. The fourth-order valence-corrected chi connectivity index (χ4v) is 3.61. The summed E-state index contributed by atoms with van der Waals surface area (Å²) >= 11 is 19.0. The van der Waals surface area contributed by atoms with E-state index in [1.54, 1.807) is 20.0 Å². The van der Waals surface area contributed by atoms with Gasteiger partial charge < -0.3 is 9.64 Å². The zero-order valence-corrected chi connectivity index (χ0v) is 14.6. The average molecular weight is 371 g/mol. The molecule has 1 aromatic heterocycles. The molecule has 0 spiro atoms. The maximum Gasteiger partial charge on any atom is 0.315 e. The largest absolute Gasteiger partial charge is 0.455 e. The Balaban J connectivity index is 1.81. The number of hydrogen-bond acceptors (Lipinski definition) is 4. The third-order valence-electron chi connectivity index (χ3n) is 3.48. The predicted molar refractivity (Wildman–Crippen MR) is 83.9 cm³/mol. The minimum atomic E-state index is -1.09. The van der Waals surface area contributed by atoms with Gasteiger partial charge in [-0.05, 0) is 19.1 Å². The summed E-state index contributed by atoms with van der Waals surface area (Å²) in [5.74, 6) is -0.847. The molecule has 116 valence electrons. The first kappa shape index (κ1) is 16.9. The number of alkyl halides is 2. The van der Waals surface area contributed by atoms with Crippen molar-refractivity contribution in [1.29, 1.82) is 0 Å². The van der Waals surface area contributed by atoms with Crippen molar-refractivity contribution in [2.45, 2.75) is 24.2 Å². The lowest BCUT2D eigenvalue weighted by Gasteiger charge is -2.17. The van der Waals surface area contributed by atoms with Gasteiger partial charge in [0.05, 0.1) is 10.9 Å². The van der Waals surface area contributed by atoms with E-state index in [0.29, 0.717) is 17.3 Å². The van der Waals surface area contributed by atoms with Crippen molar-refractivity contribution < 1.29 is 14.3 Å². The van der Waals surface area contributed by atoms with Crippen LogP contribution in [0.25, 0.3) is 0 Å². The van der Waals surface area contributed by atoms with Gasteiger partial charge in [-0.15, -0.1) is 34.5 Å². The van der Waals surface area contributed by atoms with Gasteiger partial charge in [0.25, 0.3) is 5.91 Å². The number of thiophene rings is 1. The highest BCUT2D eigenvalue weighted by Gasteiger charge is 2.69. The molecule has 1 aromatic rings. The van der Waals surface area contributed by atoms with Crippen molar-refractivity contribution in [3.8, 4) is 0 Å². The minimum Gasteiger partial charge on any atom is -0.455 e. The second-order valence-corrected chi connectivity index (χ2v) is 8.53. The van der Waals surface area contributed by atoms with Crippen LogP contribution in [-0.2, 0) is 20.9 Å². The lowest BCUT2D eigenvalue weighted by Crippen LogP contribution is -2.32. The molecule has 1 saturated carbocycles. The first-order valence-corrected chi connectivity index (χ1v) is 8.14. The maximum absolute atomic E-state index is 11.9. The van der Waals surface area contributed by atoms with Crippen molar-refractivity contribution in [2.75, 3.05) is 13.7 Å². The van der Waals surface area contributed by atoms with Crippen molar-refractivity contribution in [2.24, 2.45) is 5.41 Å². The molecule has 0 aromatic carbocycles. The molecule has 0 saturated heterocycles. The molecule has 0 bridgehead atoms. The van der Waals surface area contributed by atoms with Gasteiger partial charge in [0, 0.05) is 18.3 Å². The molecule has 1 unspecified atom stereocenters. The number of hydrogen-bond donors (Lipinski definition) is 0. The molecule has 1 atom stereocenters. The van der Waals surface area contributed by atoms with Crippen LogP contribution in [-0.4, -0.2) is 34.8 Å². The molecule has 0 aliphatic heterocycles. The Hall–Kier alpha value is -0.490. The molecule has 2 rings (SSSR count). The number of esters is 1. The Morgan fingerprint density at radius 1 is 1.43 bits per heavy atom. The first-order valence-electron chi connectivity index (χ1n) is 6.19. The predicted octanol–water partition coefficient (Wildman–Crippen LogP) is 3.49. The molecule has 1 aliphatic rings. The van der Waals surface area contributed by atoms with Crippen LogP contribution in [0.3, 0.4) is 0 Å². The molecule has 8 heteroatoms. The second-order valence-electron chi connectivity index (χ2n) is 5.25. The Bertz CT molecular complexity index is 575. The Morgan fingerprint density at radius 3 is 2.52 bits per heavy atom. The summed E-state index contributed by atoms with van der Waals surface area (Å²) in [7, 11) is 1.63. The number of nitrogens with zero attached hydrogens (tertiary/aromatic N) is 1. The fourth-order valence-electron chi connectivity index (χ4n) is 1.78. The monoisotopic (exact) mass is 369 g/mol. The average Bonchev–Trinajstić information content (AvgIpc) is 2.70. The smallest absolute Gasteiger partial charge is 0.315 e. The van der Waals surface area contributed by atoms with E-state index in [2.05, 4.69) is 0 Å². The minimum absolute atomic E-state index is 0.299. The van der Waals surface area contributed by atoms with E-state index in [0.717, 1.165) is 4.88 Å². The topological polar surface area (TPSA) is 46.6 Å². The third kappa shape index (κ3) is 3.65. The van der Waals surface area contributed by atoms with Crippen LogP contribution in [0.1, 0.15) is 18.2 Å². The lowest BCUT2D eigenvalue weighted by molar-refractivity contribution is -0.156. The van der Waals surface area contributed by atoms with Crippen molar-refractivity contribution in [3.05, 3.63) is 21.3 Å². The van der Waals surface area contributed by atoms with Gasteiger partial charge in [-0.25, -0.2) is 0 Å². The molecule has 1 heterocycles. The number of carbonyl (C=O) groups excluding carboxylic acids is 2. The highest BCUT2D eigenvalue weighted by molar-refractivity contribution is 7.16. The van der Waals surface area contributed by atoms with Gasteiger partial charge in [0.15, 0.2) is 6.61 Å². The number of carbonyl (C=O) groups is 2. The molecule has 4 nitrogen and oxygen atoms in total. The summed E-state index contributed by atoms with van der Waals surface area (Å²) < 4.78 is 4.58. The lowest BCUT2D eigenvalue weighted by atomic mass is 10.1. The molecular weight excluding hydrogens is 357 g/mol. The van der Waals surface area contributed by atoms with Crippen molar-refractivity contribution >= 4 is 58.0 Å². The van der Waals surface area contributed by atoms with Crippen molar-refractivity contribution in [1.82, 2.24) is 4.90 Å². The number of ether oxygens (including phenoxy) is 1. The number of likely N-dealkylation sites (N-methyl/N-ethyl adjacent to an activating group) is 1. The van der Waals surface area contributed by atoms with E-state index in [9.17, 15) is 9.59 Å². The van der Waals surface area contributed by atoms with Gasteiger partial charge >= 0.3 is 5.97 Å². The zero-order valence-electron chi connectivity index (χ0n) is 11.5. The quantitative estimate of drug-likeness (QED) is 0.589. The zero-order chi connectivity index (χ0) is 15.8. The van der Waals surface area contributed by atoms with Gasteiger partial charge in [-0.1, -0.05) is 11.6 Å². The van der Waals surface area contributed by atoms with Crippen LogP contribution in [0.2, 0.25) is 4.34 Å². The Kier molecular flexibility index (Phi) is 4.78. The highest BCUT2D eigenvalue weighted by atomic mass is 35.5. The molecule has 1 fully saturated rings. The number of rotatable bonds is 5. The summed E-state index contributed by atoms with van der Waals surface area (Å²) in [6, 6.07) is 3.62. The molecule has 21 heavy (non-hydrogen) atoms. The summed E-state index contributed by atoms with van der Waals surface area (Å²) in [6.07, 6.45) is 0.333. The standard InChI is InChI=1S/C13H14Cl3NO3S/c1-12(7-13(12,15)16)11(19)20-6-10(18)17(2)5-8-3-4-9(14)21-8/h3-4H,5-7H2,1-2H3. The van der Waals surface area contributed by atoms with Crippen LogP contribution in [0.5, 0.6) is 0 Å². The fraction of sp³-hybridized carbons (Fsp3) is 0.538. The molecule has 0 N–H and O–H groups in total. The highest BCUT2D eigenvalue weighted by Crippen LogP contribution is 2.64. The normalized spacial score (nSPS) is 22.7. The molecule has 0 radical (unpaired) electrons. The van der Waals surface area contributed by atoms with E-state index in [4.69, 9.17) is 39.5 Å². The summed E-state index contributed by atoms with van der Waals surface area (Å²) in [5.41, 5.74) is -0.920. The summed E-state index contributed by atoms with van der Waals surface area (Å²) in [5, 5.41) is 0. The Morgan fingerprint density at radius 2 is 2.05 bits per heavy atom. The van der Waals surface area contributed by atoms with E-state index in [-0.39, 0.29) is 12.5 Å². The second kappa shape index (κ2) is 5.95. The van der Waals surface area contributed by atoms with Gasteiger partial charge in [-0.3, -0.25) is 9.59 Å². The van der Waals surface area contributed by atoms with Crippen LogP contribution in [0.4, 0.5) is 0 Å². The number of halogens is 3. The molecule has 1 aliphatic carbocycles. The van der Waals surface area contributed by atoms with E-state index in [1.807, 2.05) is 6.07 Å². The first-order chi connectivity index (χ1) is 9.65. The summed E-state index contributed by atoms with van der Waals surface area (Å²) in [6.45, 7) is 1.71. The van der Waals surface area contributed by atoms with E-state index in [1.165, 1.54) is 16.2 Å². The Labute approximate surface area is 141 Å². The van der Waals surface area contributed by atoms with E-state index < -0.39 is 15.7 Å². The summed E-state index contributed by atoms with van der Waals surface area (Å²) in [4.78, 5) is 26.2. The van der Waals surface area contributed by atoms with Crippen molar-refractivity contribution in [3.63, 3.8) is 0 Å². The molecular formula is C13H14Cl3NO3S. The van der Waals surface area contributed by atoms with Crippen LogP contribution < -0.4 is 0 Å². The van der Waals surface area contributed by atoms with E-state index >= 15 is 0 Å². The van der Waals surface area contributed by atoms with Crippen LogP contribution >= 0.6 is 46.1 Å². The van der Waals surface area contributed by atoms with Gasteiger partial charge in [-0.2, -0.15) is 0 Å². The third-order valence-corrected chi connectivity index (χ3v) is 5.80. The van der Waals surface area contributed by atoms with Crippen LogP contribution in [0, 0.1) is 5.41 Å². The maximum atomic E-state index is 11.9. The SMILES string of the molecule is CN(Cc1ccc(Cl)s1)C(=O)COC(=O)C1(C)CC1(Cl)Cl. The van der Waals surface area contributed by atoms with Crippen LogP contribution in [0.15, 0.2) is 12.1 Å². The molecule has 1 amide bonds. The van der Waals surface area contributed by atoms with Gasteiger partial charge in [0.2, 0.25) is 0 Å². The van der Waals surface area contributed by atoms with Gasteiger partial charge in [0.1, 0.15) is 9.75 Å².